The van der Waals surface area contributed by atoms with Gasteiger partial charge in [0.15, 0.2) is 5.69 Å². The first-order chi connectivity index (χ1) is 9.14. The first kappa shape index (κ1) is 16.6. The summed E-state index contributed by atoms with van der Waals surface area (Å²) in [6.45, 7) is 8.12. The number of carbonyl (C=O) groups excluding carboxylic acids is 1. The van der Waals surface area contributed by atoms with E-state index >= 15 is 0 Å². The van der Waals surface area contributed by atoms with Crippen LogP contribution in [0.2, 0.25) is 0 Å². The summed E-state index contributed by atoms with van der Waals surface area (Å²) in [5.74, 6) is -0.218. The monoisotopic (exact) mass is 302 g/mol. The molecule has 1 heterocycles. The number of amides is 1. The molecule has 114 valence electrons. The number of primary sulfonamides is 1. The first-order valence-electron chi connectivity index (χ1n) is 6.53. The van der Waals surface area contributed by atoms with Crippen LogP contribution >= 0.6 is 0 Å². The Kier molecular flexibility index (Phi) is 5.29. The third-order valence-electron chi connectivity index (χ3n) is 2.83. The van der Waals surface area contributed by atoms with Crippen LogP contribution in [0.25, 0.3) is 0 Å². The number of sulfonamides is 1. The molecule has 0 spiro atoms. The van der Waals surface area contributed by atoms with Gasteiger partial charge >= 0.3 is 0 Å². The Labute approximate surface area is 119 Å². The van der Waals surface area contributed by atoms with Gasteiger partial charge in [0.25, 0.3) is 5.91 Å². The summed E-state index contributed by atoms with van der Waals surface area (Å²) < 4.78 is 23.3. The lowest BCUT2D eigenvalue weighted by Crippen LogP contribution is -2.28. The van der Waals surface area contributed by atoms with Gasteiger partial charge in [0, 0.05) is 6.54 Å². The summed E-state index contributed by atoms with van der Waals surface area (Å²) in [5.41, 5.74) is 0.182. The van der Waals surface area contributed by atoms with Crippen LogP contribution in [0.5, 0.6) is 0 Å². The van der Waals surface area contributed by atoms with Crippen molar-refractivity contribution < 1.29 is 13.2 Å². The molecule has 4 N–H and O–H groups in total. The SMILES string of the molecule is CC(C)CCNC(=O)c1n[nH]c(C(C)C)c1S(N)(=O)=O. The quantitative estimate of drug-likeness (QED) is 0.725. The van der Waals surface area contributed by atoms with Gasteiger partial charge in [0.2, 0.25) is 10.0 Å². The summed E-state index contributed by atoms with van der Waals surface area (Å²) in [6.07, 6.45) is 0.803. The van der Waals surface area contributed by atoms with E-state index in [2.05, 4.69) is 15.5 Å². The largest absolute Gasteiger partial charge is 0.351 e. The highest BCUT2D eigenvalue weighted by Crippen LogP contribution is 2.23. The van der Waals surface area contributed by atoms with Gasteiger partial charge in [-0.25, -0.2) is 13.6 Å². The number of rotatable bonds is 6. The van der Waals surface area contributed by atoms with Crippen molar-refractivity contribution in [2.45, 2.75) is 44.9 Å². The lowest BCUT2D eigenvalue weighted by atomic mass is 10.1. The molecule has 8 heteroatoms. The summed E-state index contributed by atoms with van der Waals surface area (Å²) in [4.78, 5) is 11.8. The molecule has 0 bridgehead atoms. The number of nitrogens with two attached hydrogens (primary N) is 1. The van der Waals surface area contributed by atoms with Gasteiger partial charge in [-0.1, -0.05) is 27.7 Å². The highest BCUT2D eigenvalue weighted by molar-refractivity contribution is 7.89. The minimum Gasteiger partial charge on any atom is -0.351 e. The second kappa shape index (κ2) is 6.36. The maximum Gasteiger partial charge on any atom is 0.273 e. The molecule has 0 saturated carbocycles. The zero-order valence-electron chi connectivity index (χ0n) is 12.2. The van der Waals surface area contributed by atoms with Crippen molar-refractivity contribution >= 4 is 15.9 Å². The number of aromatic nitrogens is 2. The van der Waals surface area contributed by atoms with Gasteiger partial charge in [0.1, 0.15) is 4.90 Å². The Morgan fingerprint density at radius 2 is 1.95 bits per heavy atom. The van der Waals surface area contributed by atoms with Crippen molar-refractivity contribution in [3.63, 3.8) is 0 Å². The van der Waals surface area contributed by atoms with Crippen LogP contribution in [0.4, 0.5) is 0 Å². The molecular weight excluding hydrogens is 280 g/mol. The number of nitrogens with one attached hydrogen (secondary N) is 2. The van der Waals surface area contributed by atoms with Gasteiger partial charge in [-0.3, -0.25) is 9.89 Å². The zero-order chi connectivity index (χ0) is 15.5. The first-order valence-corrected chi connectivity index (χ1v) is 8.08. The fourth-order valence-electron chi connectivity index (χ4n) is 1.74. The van der Waals surface area contributed by atoms with Crippen molar-refractivity contribution in [2.75, 3.05) is 6.54 Å². The summed E-state index contributed by atoms with van der Waals surface area (Å²) >= 11 is 0. The third kappa shape index (κ3) is 4.04. The van der Waals surface area contributed by atoms with Gasteiger partial charge < -0.3 is 5.32 Å². The molecule has 0 aliphatic rings. The third-order valence-corrected chi connectivity index (χ3v) is 3.81. The molecule has 0 aliphatic carbocycles. The smallest absolute Gasteiger partial charge is 0.273 e. The number of hydrogen-bond donors (Lipinski definition) is 3. The van der Waals surface area contributed by atoms with Crippen molar-refractivity contribution in [2.24, 2.45) is 11.1 Å². The Hall–Kier alpha value is -1.41. The zero-order valence-corrected chi connectivity index (χ0v) is 13.0. The van der Waals surface area contributed by atoms with E-state index in [0.717, 1.165) is 6.42 Å². The molecule has 0 unspecified atom stereocenters. The van der Waals surface area contributed by atoms with Crippen LogP contribution in [0.1, 0.15) is 56.2 Å². The molecule has 0 atom stereocenters. The summed E-state index contributed by atoms with van der Waals surface area (Å²) in [5, 5.41) is 14.2. The van der Waals surface area contributed by atoms with E-state index in [1.807, 2.05) is 13.8 Å². The minimum absolute atomic E-state index is 0.131. The van der Waals surface area contributed by atoms with E-state index in [1.54, 1.807) is 13.8 Å². The van der Waals surface area contributed by atoms with Crippen molar-refractivity contribution in [3.8, 4) is 0 Å². The van der Waals surface area contributed by atoms with Gasteiger partial charge in [-0.05, 0) is 18.3 Å². The maximum absolute atomic E-state index is 12.0. The fraction of sp³-hybridized carbons (Fsp3) is 0.667. The second-order valence-electron chi connectivity index (χ2n) is 5.45. The van der Waals surface area contributed by atoms with E-state index in [1.165, 1.54) is 0 Å². The molecule has 1 amide bonds. The van der Waals surface area contributed by atoms with Crippen LogP contribution in [0, 0.1) is 5.92 Å². The van der Waals surface area contributed by atoms with Crippen LogP contribution in [0.3, 0.4) is 0 Å². The minimum atomic E-state index is -4.01. The van der Waals surface area contributed by atoms with Crippen LogP contribution in [0.15, 0.2) is 4.90 Å². The van der Waals surface area contributed by atoms with E-state index in [4.69, 9.17) is 5.14 Å². The molecule has 0 fully saturated rings. The van der Waals surface area contributed by atoms with E-state index in [-0.39, 0.29) is 16.5 Å². The van der Waals surface area contributed by atoms with Gasteiger partial charge in [-0.15, -0.1) is 0 Å². The predicted molar refractivity (Wildman–Crippen MR) is 75.8 cm³/mol. The Morgan fingerprint density at radius 1 is 1.35 bits per heavy atom. The van der Waals surface area contributed by atoms with Crippen LogP contribution in [-0.4, -0.2) is 31.1 Å². The van der Waals surface area contributed by atoms with E-state index in [0.29, 0.717) is 18.2 Å². The summed E-state index contributed by atoms with van der Waals surface area (Å²) in [7, 11) is -4.01. The average Bonchev–Trinajstić information content (AvgIpc) is 2.72. The molecule has 0 saturated heterocycles. The number of aromatic amines is 1. The van der Waals surface area contributed by atoms with Gasteiger partial charge in [0.05, 0.1) is 5.69 Å². The Bertz CT molecular complexity index is 576. The topological polar surface area (TPSA) is 118 Å². The Balaban J connectivity index is 3.04. The standard InChI is InChI=1S/C12H22N4O3S/c1-7(2)5-6-14-12(17)10-11(20(13,18)19)9(8(3)4)15-16-10/h7-8H,5-6H2,1-4H3,(H,14,17)(H,15,16)(H2,13,18,19). The molecule has 20 heavy (non-hydrogen) atoms. The molecule has 0 radical (unpaired) electrons. The fourth-order valence-corrected chi connectivity index (χ4v) is 2.73. The Morgan fingerprint density at radius 3 is 2.40 bits per heavy atom. The highest BCUT2D eigenvalue weighted by Gasteiger charge is 2.28. The molecular formula is C12H22N4O3S. The maximum atomic E-state index is 12.0. The highest BCUT2D eigenvalue weighted by atomic mass is 32.2. The number of nitrogens with zero attached hydrogens (tertiary/aromatic N) is 1. The molecule has 1 rings (SSSR count). The number of carbonyl (C=O) groups is 1. The van der Waals surface area contributed by atoms with Crippen LogP contribution < -0.4 is 10.5 Å². The molecule has 7 nitrogen and oxygen atoms in total. The predicted octanol–water partition coefficient (Wildman–Crippen LogP) is 0.956. The molecule has 1 aromatic rings. The number of hydrogen-bond acceptors (Lipinski definition) is 4. The summed E-state index contributed by atoms with van der Waals surface area (Å²) in [6, 6.07) is 0. The van der Waals surface area contributed by atoms with Crippen molar-refractivity contribution in [1.82, 2.24) is 15.5 Å². The lowest BCUT2D eigenvalue weighted by molar-refractivity contribution is 0.0943. The number of H-pyrrole nitrogens is 1. The molecule has 0 aliphatic heterocycles. The molecule has 0 aromatic carbocycles. The molecule has 1 aromatic heterocycles. The van der Waals surface area contributed by atoms with Gasteiger partial charge in [-0.2, -0.15) is 5.10 Å². The lowest BCUT2D eigenvalue weighted by Gasteiger charge is -2.08. The normalized spacial score (nSPS) is 12.2. The van der Waals surface area contributed by atoms with E-state index < -0.39 is 15.9 Å². The van der Waals surface area contributed by atoms with Crippen molar-refractivity contribution in [3.05, 3.63) is 11.4 Å². The van der Waals surface area contributed by atoms with Crippen molar-refractivity contribution in [1.29, 1.82) is 0 Å². The van der Waals surface area contributed by atoms with Crippen LogP contribution in [-0.2, 0) is 10.0 Å². The second-order valence-corrected chi connectivity index (χ2v) is 6.95. The average molecular weight is 302 g/mol. The van der Waals surface area contributed by atoms with E-state index in [9.17, 15) is 13.2 Å².